The third-order valence-corrected chi connectivity index (χ3v) is 4.58. The van der Waals surface area contributed by atoms with Crippen molar-refractivity contribution in [3.63, 3.8) is 0 Å². The lowest BCUT2D eigenvalue weighted by Gasteiger charge is -2.40. The Morgan fingerprint density at radius 1 is 1.17 bits per heavy atom. The topological polar surface area (TPSA) is 71.8 Å². The fourth-order valence-corrected chi connectivity index (χ4v) is 3.23. The van der Waals surface area contributed by atoms with Crippen LogP contribution in [0.2, 0.25) is 0 Å². The van der Waals surface area contributed by atoms with Crippen LogP contribution in [0.1, 0.15) is 0 Å². The predicted molar refractivity (Wildman–Crippen MR) is 85.1 cm³/mol. The fourth-order valence-electron chi connectivity index (χ4n) is 3.23. The first-order valence-electron chi connectivity index (χ1n) is 7.90. The lowest BCUT2D eigenvalue weighted by atomic mass is 9.99. The molecule has 7 heteroatoms. The van der Waals surface area contributed by atoms with E-state index in [2.05, 4.69) is 4.74 Å². The molecule has 0 unspecified atom stereocenters. The van der Waals surface area contributed by atoms with Crippen molar-refractivity contribution in [2.24, 2.45) is 5.92 Å². The molecule has 2 aliphatic rings. The first kappa shape index (κ1) is 14.7. The highest BCUT2D eigenvalue weighted by Gasteiger charge is 2.38. The Labute approximate surface area is 138 Å². The van der Waals surface area contributed by atoms with Gasteiger partial charge in [-0.15, -0.1) is 0 Å². The number of ether oxygens (including phenoxy) is 1. The third-order valence-electron chi connectivity index (χ3n) is 4.58. The Balaban J connectivity index is 1.33. The fraction of sp³-hybridized carbons (Fsp3) is 0.353. The molecule has 0 bridgehead atoms. The summed E-state index contributed by atoms with van der Waals surface area (Å²) in [6, 6.07) is 9.93. The summed E-state index contributed by atoms with van der Waals surface area (Å²) < 4.78 is 6.62. The van der Waals surface area contributed by atoms with Gasteiger partial charge < -0.3 is 14.2 Å². The summed E-state index contributed by atoms with van der Waals surface area (Å²) in [7, 11) is 0. The number of benzene rings is 1. The van der Waals surface area contributed by atoms with Crippen LogP contribution in [-0.2, 0) is 20.9 Å². The zero-order valence-electron chi connectivity index (χ0n) is 13.1. The standard InChI is InChI=1S/C17H17N3O4/c21-15(10-18-6-5-13-3-1-2-4-14(13)18)19-7-12(8-19)9-20-16(22)11-24-17(20)23/h1-6,12H,7-11H2. The minimum absolute atomic E-state index is 0.0444. The monoisotopic (exact) mass is 327 g/mol. The van der Waals surface area contributed by atoms with Crippen molar-refractivity contribution >= 4 is 28.8 Å². The summed E-state index contributed by atoms with van der Waals surface area (Å²) in [4.78, 5) is 38.2. The summed E-state index contributed by atoms with van der Waals surface area (Å²) in [6.45, 7) is 1.58. The number of aromatic nitrogens is 1. The van der Waals surface area contributed by atoms with Gasteiger partial charge in [0.05, 0.1) is 0 Å². The average Bonchev–Trinajstić information content (AvgIpc) is 3.08. The predicted octanol–water partition coefficient (Wildman–Crippen LogP) is 1.08. The number of fused-ring (bicyclic) bond motifs is 1. The van der Waals surface area contributed by atoms with Crippen molar-refractivity contribution in [2.45, 2.75) is 6.54 Å². The molecule has 1 aromatic carbocycles. The molecule has 4 rings (SSSR count). The normalized spacial score (nSPS) is 18.2. The third kappa shape index (κ3) is 2.51. The van der Waals surface area contributed by atoms with Gasteiger partial charge in [0.15, 0.2) is 6.61 Å². The van der Waals surface area contributed by atoms with Crippen molar-refractivity contribution in [1.82, 2.24) is 14.4 Å². The average molecular weight is 327 g/mol. The highest BCUT2D eigenvalue weighted by molar-refractivity contribution is 5.97. The second-order valence-electron chi connectivity index (χ2n) is 6.23. The number of imide groups is 1. The minimum atomic E-state index is -0.580. The van der Waals surface area contributed by atoms with Crippen LogP contribution in [0.3, 0.4) is 0 Å². The van der Waals surface area contributed by atoms with E-state index in [0.717, 1.165) is 15.8 Å². The molecule has 2 aliphatic heterocycles. The van der Waals surface area contributed by atoms with E-state index in [1.807, 2.05) is 41.1 Å². The van der Waals surface area contributed by atoms with Crippen LogP contribution in [0.25, 0.3) is 10.9 Å². The van der Waals surface area contributed by atoms with Crippen LogP contribution in [0.4, 0.5) is 4.79 Å². The molecule has 0 aliphatic carbocycles. The molecule has 2 saturated heterocycles. The molecule has 2 aromatic rings. The van der Waals surface area contributed by atoms with Gasteiger partial charge in [0.2, 0.25) is 5.91 Å². The van der Waals surface area contributed by atoms with Crippen LogP contribution < -0.4 is 0 Å². The second kappa shape index (κ2) is 5.67. The molecule has 3 heterocycles. The van der Waals surface area contributed by atoms with Gasteiger partial charge in [-0.2, -0.15) is 0 Å². The Kier molecular flexibility index (Phi) is 3.48. The molecule has 0 saturated carbocycles. The number of carbonyl (C=O) groups excluding carboxylic acids is 3. The number of nitrogens with zero attached hydrogens (tertiary/aromatic N) is 3. The van der Waals surface area contributed by atoms with Gasteiger partial charge in [-0.3, -0.25) is 9.59 Å². The molecule has 0 atom stereocenters. The maximum absolute atomic E-state index is 12.4. The Bertz CT molecular complexity index is 806. The number of amides is 3. The largest absolute Gasteiger partial charge is 0.439 e. The number of likely N-dealkylation sites (tertiary alicyclic amines) is 1. The maximum Gasteiger partial charge on any atom is 0.417 e. The van der Waals surface area contributed by atoms with Crippen LogP contribution in [0, 0.1) is 5.92 Å². The summed E-state index contributed by atoms with van der Waals surface area (Å²) in [6.07, 6.45) is 1.34. The van der Waals surface area contributed by atoms with Crippen LogP contribution in [0.15, 0.2) is 36.5 Å². The van der Waals surface area contributed by atoms with Gasteiger partial charge in [0.25, 0.3) is 5.91 Å². The van der Waals surface area contributed by atoms with E-state index >= 15 is 0 Å². The Morgan fingerprint density at radius 3 is 2.71 bits per heavy atom. The summed E-state index contributed by atoms with van der Waals surface area (Å²) in [5, 5.41) is 1.11. The number of hydrogen-bond donors (Lipinski definition) is 0. The van der Waals surface area contributed by atoms with Crippen LogP contribution >= 0.6 is 0 Å². The molecule has 24 heavy (non-hydrogen) atoms. The Hall–Kier alpha value is -2.83. The smallest absolute Gasteiger partial charge is 0.417 e. The first-order chi connectivity index (χ1) is 11.6. The molecule has 0 N–H and O–H groups in total. The Morgan fingerprint density at radius 2 is 1.96 bits per heavy atom. The molecular formula is C17H17N3O4. The van der Waals surface area contributed by atoms with Crippen molar-refractivity contribution in [3.05, 3.63) is 36.5 Å². The maximum atomic E-state index is 12.4. The van der Waals surface area contributed by atoms with Crippen molar-refractivity contribution in [1.29, 1.82) is 0 Å². The molecule has 0 radical (unpaired) electrons. The van der Waals surface area contributed by atoms with Gasteiger partial charge in [0, 0.05) is 37.3 Å². The molecule has 2 fully saturated rings. The summed E-state index contributed by atoms with van der Waals surface area (Å²) in [5.74, 6) is -0.128. The van der Waals surface area contributed by atoms with E-state index < -0.39 is 6.09 Å². The summed E-state index contributed by atoms with van der Waals surface area (Å²) >= 11 is 0. The van der Waals surface area contributed by atoms with Gasteiger partial charge in [0.1, 0.15) is 6.54 Å². The minimum Gasteiger partial charge on any atom is -0.439 e. The molecule has 1 aromatic heterocycles. The molecular weight excluding hydrogens is 310 g/mol. The van der Waals surface area contributed by atoms with E-state index in [-0.39, 0.29) is 24.3 Å². The number of rotatable bonds is 4. The van der Waals surface area contributed by atoms with E-state index in [0.29, 0.717) is 26.2 Å². The number of hydrogen-bond acceptors (Lipinski definition) is 4. The van der Waals surface area contributed by atoms with Crippen molar-refractivity contribution in [3.8, 4) is 0 Å². The highest BCUT2D eigenvalue weighted by atomic mass is 16.6. The van der Waals surface area contributed by atoms with E-state index in [9.17, 15) is 14.4 Å². The van der Waals surface area contributed by atoms with Crippen LogP contribution in [0.5, 0.6) is 0 Å². The van der Waals surface area contributed by atoms with Crippen molar-refractivity contribution < 1.29 is 19.1 Å². The zero-order valence-corrected chi connectivity index (χ0v) is 13.1. The highest BCUT2D eigenvalue weighted by Crippen LogP contribution is 2.21. The summed E-state index contributed by atoms with van der Waals surface area (Å²) in [5.41, 5.74) is 1.04. The number of cyclic esters (lactones) is 1. The van der Waals surface area contributed by atoms with Crippen molar-refractivity contribution in [2.75, 3.05) is 26.2 Å². The van der Waals surface area contributed by atoms with E-state index in [4.69, 9.17) is 0 Å². The second-order valence-corrected chi connectivity index (χ2v) is 6.23. The lowest BCUT2D eigenvalue weighted by molar-refractivity contribution is -0.138. The van der Waals surface area contributed by atoms with Crippen LogP contribution in [-0.4, -0.2) is 58.5 Å². The van der Waals surface area contributed by atoms with E-state index in [1.165, 1.54) is 0 Å². The molecule has 0 spiro atoms. The molecule has 3 amide bonds. The SMILES string of the molecule is O=C(Cn1ccc2ccccc21)N1CC(CN2C(=O)COC2=O)C1. The van der Waals surface area contributed by atoms with Gasteiger partial charge in [-0.05, 0) is 17.5 Å². The molecule has 7 nitrogen and oxygen atoms in total. The quantitative estimate of drug-likeness (QED) is 0.842. The van der Waals surface area contributed by atoms with Gasteiger partial charge >= 0.3 is 6.09 Å². The zero-order chi connectivity index (χ0) is 16.7. The first-order valence-corrected chi connectivity index (χ1v) is 7.90. The number of carbonyl (C=O) groups is 3. The lowest BCUT2D eigenvalue weighted by Crippen LogP contribution is -2.55. The molecule has 124 valence electrons. The van der Waals surface area contributed by atoms with Gasteiger partial charge in [-0.1, -0.05) is 18.2 Å². The number of para-hydroxylation sites is 1. The van der Waals surface area contributed by atoms with E-state index in [1.54, 1.807) is 4.90 Å². The van der Waals surface area contributed by atoms with Gasteiger partial charge in [-0.25, -0.2) is 9.69 Å².